The number of imidazole rings is 1. The quantitative estimate of drug-likeness (QED) is 0.357. The fourth-order valence-electron chi connectivity index (χ4n) is 3.45. The maximum atomic E-state index is 13.9. The Hall–Kier alpha value is -3.43. The lowest BCUT2D eigenvalue weighted by atomic mass is 10.1. The van der Waals surface area contributed by atoms with Gasteiger partial charge in [-0.05, 0) is 42.0 Å². The van der Waals surface area contributed by atoms with Crippen LogP contribution in [0.1, 0.15) is 27.8 Å². The Morgan fingerprint density at radius 1 is 1.03 bits per heavy atom. The molecule has 1 unspecified atom stereocenters. The summed E-state index contributed by atoms with van der Waals surface area (Å²) in [5.74, 6) is -2.01. The van der Waals surface area contributed by atoms with Crippen LogP contribution in [-0.4, -0.2) is 26.7 Å². The first-order valence-electron chi connectivity index (χ1n) is 9.41. The number of rotatable bonds is 5. The third-order valence-electron chi connectivity index (χ3n) is 4.87. The second-order valence-corrected chi connectivity index (χ2v) is 7.70. The van der Waals surface area contributed by atoms with Crippen molar-refractivity contribution < 1.29 is 22.8 Å². The number of halogens is 5. The molecule has 2 aromatic heterocycles. The highest BCUT2D eigenvalue weighted by atomic mass is 35.5. The number of alkyl halides is 3. The molecule has 2 aromatic carbocycles. The predicted molar refractivity (Wildman–Crippen MR) is 118 cm³/mol. The topological polar surface area (TPSA) is 76.9 Å². The van der Waals surface area contributed by atoms with E-state index in [1.807, 2.05) is 0 Å². The van der Waals surface area contributed by atoms with Gasteiger partial charge in [-0.1, -0.05) is 35.3 Å². The van der Waals surface area contributed by atoms with Gasteiger partial charge < -0.3 is 14.7 Å². The number of carbonyl (C=O) groups excluding carboxylic acids is 2. The van der Waals surface area contributed by atoms with E-state index in [-0.39, 0.29) is 32.3 Å². The molecule has 168 valence electrons. The molecule has 0 radical (unpaired) electrons. The van der Waals surface area contributed by atoms with Crippen molar-refractivity contribution in [3.05, 3.63) is 87.9 Å². The fraction of sp³-hybridized carbons (Fsp3) is 0.0909. The molecule has 1 amide bonds. The average Bonchev–Trinajstić information content (AvgIpc) is 3.16. The normalized spacial score (nSPS) is 12.5. The number of amides is 1. The number of benzene rings is 2. The SMILES string of the molecule is O=CC(c1ccncc1)n1c(C(F)(F)F)nc2c(NC(=O)c3c(Cl)cccc3Cl)cccc21. The highest BCUT2D eigenvalue weighted by molar-refractivity contribution is 6.40. The van der Waals surface area contributed by atoms with Crippen molar-refractivity contribution in [2.45, 2.75) is 12.2 Å². The zero-order chi connectivity index (χ0) is 23.8. The Labute approximate surface area is 195 Å². The molecule has 0 aliphatic heterocycles. The summed E-state index contributed by atoms with van der Waals surface area (Å²) in [6, 6.07) is 10.3. The van der Waals surface area contributed by atoms with Gasteiger partial charge in [0.05, 0.1) is 26.8 Å². The van der Waals surface area contributed by atoms with Crippen LogP contribution in [0.15, 0.2) is 60.9 Å². The lowest BCUT2D eigenvalue weighted by Gasteiger charge is -2.18. The second-order valence-electron chi connectivity index (χ2n) is 6.89. The molecule has 0 spiro atoms. The summed E-state index contributed by atoms with van der Waals surface area (Å²) in [5, 5.41) is 2.67. The molecule has 1 N–H and O–H groups in total. The minimum Gasteiger partial charge on any atom is -0.320 e. The van der Waals surface area contributed by atoms with Gasteiger partial charge in [0, 0.05) is 12.4 Å². The number of fused-ring (bicyclic) bond motifs is 1. The van der Waals surface area contributed by atoms with E-state index in [4.69, 9.17) is 23.2 Å². The van der Waals surface area contributed by atoms with E-state index >= 15 is 0 Å². The molecule has 33 heavy (non-hydrogen) atoms. The van der Waals surface area contributed by atoms with E-state index in [0.717, 1.165) is 4.57 Å². The van der Waals surface area contributed by atoms with Crippen molar-refractivity contribution in [3.8, 4) is 0 Å². The van der Waals surface area contributed by atoms with E-state index in [2.05, 4.69) is 15.3 Å². The Morgan fingerprint density at radius 2 is 1.67 bits per heavy atom. The van der Waals surface area contributed by atoms with Crippen LogP contribution in [-0.2, 0) is 11.0 Å². The second kappa shape index (κ2) is 8.84. The van der Waals surface area contributed by atoms with Gasteiger partial charge in [-0.25, -0.2) is 4.98 Å². The molecule has 6 nitrogen and oxygen atoms in total. The highest BCUT2D eigenvalue weighted by Crippen LogP contribution is 2.37. The molecule has 1 atom stereocenters. The van der Waals surface area contributed by atoms with Gasteiger partial charge in [0.2, 0.25) is 5.82 Å². The van der Waals surface area contributed by atoms with Crippen molar-refractivity contribution in [3.63, 3.8) is 0 Å². The third kappa shape index (κ3) is 4.29. The Balaban J connectivity index is 1.88. The van der Waals surface area contributed by atoms with E-state index in [0.29, 0.717) is 11.8 Å². The van der Waals surface area contributed by atoms with Crippen molar-refractivity contribution in [1.82, 2.24) is 14.5 Å². The van der Waals surface area contributed by atoms with Crippen molar-refractivity contribution in [2.24, 2.45) is 0 Å². The van der Waals surface area contributed by atoms with Gasteiger partial charge in [0.15, 0.2) is 0 Å². The van der Waals surface area contributed by atoms with E-state index in [1.165, 1.54) is 54.9 Å². The first kappa shape index (κ1) is 22.8. The van der Waals surface area contributed by atoms with Crippen LogP contribution in [0.4, 0.5) is 18.9 Å². The lowest BCUT2D eigenvalue weighted by Crippen LogP contribution is -2.21. The van der Waals surface area contributed by atoms with Gasteiger partial charge in [-0.15, -0.1) is 0 Å². The minimum absolute atomic E-state index is 0.000655. The van der Waals surface area contributed by atoms with Crippen molar-refractivity contribution in [1.29, 1.82) is 0 Å². The number of hydrogen-bond acceptors (Lipinski definition) is 4. The first-order chi connectivity index (χ1) is 15.7. The predicted octanol–water partition coefficient (Wildman–Crippen LogP) is 5.80. The molecular weight excluding hydrogens is 480 g/mol. The lowest BCUT2D eigenvalue weighted by molar-refractivity contribution is -0.147. The smallest absolute Gasteiger partial charge is 0.320 e. The number of nitrogens with one attached hydrogen (secondary N) is 1. The maximum Gasteiger partial charge on any atom is 0.449 e. The average molecular weight is 493 g/mol. The van der Waals surface area contributed by atoms with Crippen LogP contribution in [0.2, 0.25) is 10.0 Å². The molecular formula is C22H13Cl2F3N4O2. The van der Waals surface area contributed by atoms with Gasteiger partial charge in [0.1, 0.15) is 17.8 Å². The molecule has 11 heteroatoms. The summed E-state index contributed by atoms with van der Waals surface area (Å²) in [5.41, 5.74) is 0.108. The molecule has 0 aliphatic rings. The van der Waals surface area contributed by atoms with Gasteiger partial charge in [-0.2, -0.15) is 13.2 Å². The molecule has 0 aliphatic carbocycles. The fourth-order valence-corrected chi connectivity index (χ4v) is 4.02. The van der Waals surface area contributed by atoms with Crippen LogP contribution in [0.5, 0.6) is 0 Å². The van der Waals surface area contributed by atoms with Crippen molar-refractivity contribution in [2.75, 3.05) is 5.32 Å². The van der Waals surface area contributed by atoms with Crippen LogP contribution in [0.3, 0.4) is 0 Å². The van der Waals surface area contributed by atoms with E-state index in [9.17, 15) is 22.8 Å². The maximum absolute atomic E-state index is 13.9. The molecule has 2 heterocycles. The van der Waals surface area contributed by atoms with Gasteiger partial charge >= 0.3 is 6.18 Å². The number of para-hydroxylation sites is 1. The largest absolute Gasteiger partial charge is 0.449 e. The monoisotopic (exact) mass is 492 g/mol. The van der Waals surface area contributed by atoms with Gasteiger partial charge in [0.25, 0.3) is 5.91 Å². The number of nitrogens with zero attached hydrogens (tertiary/aromatic N) is 3. The Bertz CT molecular complexity index is 1340. The number of pyridine rings is 1. The summed E-state index contributed by atoms with van der Waals surface area (Å²) < 4.78 is 42.6. The number of anilines is 1. The Kier molecular flexibility index (Phi) is 6.09. The number of carbonyl (C=O) groups is 2. The summed E-state index contributed by atoms with van der Waals surface area (Å²) >= 11 is 12.1. The minimum atomic E-state index is -4.87. The number of aldehydes is 1. The first-order valence-corrected chi connectivity index (χ1v) is 10.2. The van der Waals surface area contributed by atoms with Crippen LogP contribution < -0.4 is 5.32 Å². The van der Waals surface area contributed by atoms with Crippen molar-refractivity contribution >= 4 is 52.1 Å². The van der Waals surface area contributed by atoms with Gasteiger partial charge in [-0.3, -0.25) is 9.78 Å². The molecule has 4 rings (SSSR count). The Morgan fingerprint density at radius 3 is 2.27 bits per heavy atom. The third-order valence-corrected chi connectivity index (χ3v) is 5.50. The van der Waals surface area contributed by atoms with Crippen LogP contribution in [0.25, 0.3) is 11.0 Å². The molecule has 0 fully saturated rings. The molecule has 0 bridgehead atoms. The van der Waals surface area contributed by atoms with E-state index < -0.39 is 23.9 Å². The summed E-state index contributed by atoms with van der Waals surface area (Å²) in [6.07, 6.45) is -1.74. The van der Waals surface area contributed by atoms with Crippen LogP contribution in [0, 0.1) is 0 Å². The highest BCUT2D eigenvalue weighted by Gasteiger charge is 2.40. The molecule has 0 saturated heterocycles. The zero-order valence-corrected chi connectivity index (χ0v) is 18.0. The van der Waals surface area contributed by atoms with Crippen LogP contribution >= 0.6 is 23.2 Å². The standard InChI is InChI=1S/C22H13Cl2F3N4O2/c23-13-3-1-4-14(24)18(13)20(33)29-15-5-2-6-16-19(15)30-21(22(25,26)27)31(16)17(11-32)12-7-9-28-10-8-12/h1-11,17H,(H,29,33). The zero-order valence-electron chi connectivity index (χ0n) is 16.5. The van der Waals surface area contributed by atoms with E-state index in [1.54, 1.807) is 6.07 Å². The summed E-state index contributed by atoms with van der Waals surface area (Å²) in [6.45, 7) is 0. The molecule has 0 saturated carbocycles. The summed E-state index contributed by atoms with van der Waals surface area (Å²) in [7, 11) is 0. The number of hydrogen-bond donors (Lipinski definition) is 1. The number of aromatic nitrogens is 3. The molecule has 4 aromatic rings. The summed E-state index contributed by atoms with van der Waals surface area (Å²) in [4.78, 5) is 32.3.